The zero-order valence-corrected chi connectivity index (χ0v) is 13.2. The van der Waals surface area contributed by atoms with Crippen LogP contribution in [-0.4, -0.2) is 5.71 Å². The highest BCUT2D eigenvalue weighted by atomic mass is 14.8. The Hall–Kier alpha value is -1.11. The van der Waals surface area contributed by atoms with E-state index in [2.05, 4.69) is 39.0 Å². The minimum absolute atomic E-state index is 0.557. The van der Waals surface area contributed by atoms with Crippen LogP contribution in [0.25, 0.3) is 0 Å². The summed E-state index contributed by atoms with van der Waals surface area (Å²) in [5.41, 5.74) is 5.87. The third-order valence-electron chi connectivity index (χ3n) is 5.44. The molecule has 0 radical (unpaired) electrons. The van der Waals surface area contributed by atoms with E-state index in [0.29, 0.717) is 5.41 Å². The molecule has 108 valence electrons. The molecule has 1 aromatic carbocycles. The topological polar surface area (TPSA) is 12.4 Å². The van der Waals surface area contributed by atoms with Gasteiger partial charge in [0.25, 0.3) is 0 Å². The number of hydrogen-bond donors (Lipinski definition) is 0. The summed E-state index contributed by atoms with van der Waals surface area (Å²) in [6, 6.07) is 6.62. The quantitative estimate of drug-likeness (QED) is 0.653. The number of aliphatic imine (C=N–C) groups is 1. The molecule has 2 atom stereocenters. The Morgan fingerprint density at radius 3 is 3.00 bits per heavy atom. The van der Waals surface area contributed by atoms with Crippen LogP contribution in [0.5, 0.6) is 0 Å². The van der Waals surface area contributed by atoms with Crippen LogP contribution in [0.2, 0.25) is 0 Å². The fourth-order valence-corrected chi connectivity index (χ4v) is 4.04. The van der Waals surface area contributed by atoms with Crippen molar-refractivity contribution in [1.82, 2.24) is 0 Å². The average Bonchev–Trinajstić information content (AvgIpc) is 2.42. The first-order valence-corrected chi connectivity index (χ1v) is 8.28. The lowest BCUT2D eigenvalue weighted by Gasteiger charge is -2.38. The van der Waals surface area contributed by atoms with Gasteiger partial charge in [-0.15, -0.1) is 0 Å². The molecule has 2 unspecified atom stereocenters. The van der Waals surface area contributed by atoms with Crippen molar-refractivity contribution >= 4 is 11.4 Å². The van der Waals surface area contributed by atoms with Crippen molar-refractivity contribution in [2.24, 2.45) is 16.3 Å². The first kappa shape index (κ1) is 13.9. The Kier molecular flexibility index (Phi) is 3.70. The molecular weight excluding hydrogens is 242 g/mol. The van der Waals surface area contributed by atoms with Crippen LogP contribution in [0, 0.1) is 18.3 Å². The highest BCUT2D eigenvalue weighted by Gasteiger charge is 2.32. The van der Waals surface area contributed by atoms with Crippen LogP contribution in [0.1, 0.15) is 69.9 Å². The highest BCUT2D eigenvalue weighted by Crippen LogP contribution is 2.44. The molecule has 0 amide bonds. The number of hydrogen-bond acceptors (Lipinski definition) is 1. The minimum atomic E-state index is 0.557. The molecule has 1 fully saturated rings. The molecule has 1 aliphatic carbocycles. The van der Waals surface area contributed by atoms with E-state index in [0.717, 1.165) is 5.92 Å². The predicted octanol–water partition coefficient (Wildman–Crippen LogP) is 5.82. The molecule has 0 bridgehead atoms. The van der Waals surface area contributed by atoms with Crippen LogP contribution in [0.4, 0.5) is 5.69 Å². The van der Waals surface area contributed by atoms with Crippen molar-refractivity contribution < 1.29 is 0 Å². The van der Waals surface area contributed by atoms with Crippen LogP contribution in [-0.2, 0) is 0 Å². The van der Waals surface area contributed by atoms with Crippen LogP contribution in [0.3, 0.4) is 0 Å². The summed E-state index contributed by atoms with van der Waals surface area (Å²) in [6.45, 7) is 7.03. The highest BCUT2D eigenvalue weighted by molar-refractivity contribution is 6.12. The van der Waals surface area contributed by atoms with Crippen molar-refractivity contribution in [1.29, 1.82) is 0 Å². The molecule has 1 heteroatoms. The molecule has 1 saturated carbocycles. The van der Waals surface area contributed by atoms with Gasteiger partial charge in [-0.1, -0.05) is 44.7 Å². The monoisotopic (exact) mass is 269 g/mol. The third-order valence-corrected chi connectivity index (χ3v) is 5.44. The van der Waals surface area contributed by atoms with Gasteiger partial charge in [0.2, 0.25) is 0 Å². The Balaban J connectivity index is 1.60. The molecule has 2 aliphatic rings. The molecule has 1 aliphatic heterocycles. The zero-order valence-electron chi connectivity index (χ0n) is 13.2. The van der Waals surface area contributed by atoms with Gasteiger partial charge in [0, 0.05) is 5.56 Å². The van der Waals surface area contributed by atoms with Gasteiger partial charge >= 0.3 is 0 Å². The second-order valence-electron chi connectivity index (χ2n) is 7.26. The second kappa shape index (κ2) is 5.35. The summed E-state index contributed by atoms with van der Waals surface area (Å²) in [5, 5.41) is 0. The normalized spacial score (nSPS) is 28.6. The first-order valence-electron chi connectivity index (χ1n) is 8.28. The summed E-state index contributed by atoms with van der Waals surface area (Å²) in [7, 11) is 0. The number of rotatable bonds is 4. The largest absolute Gasteiger partial charge is 0.252 e. The standard InChI is InChI=1S/C19H27N/c1-4-15-6-5-10-19(3,13-15)11-9-18-16-12-14(2)7-8-17(16)20-18/h7-8,12,15H,4-6,9-11,13H2,1-3H3. The average molecular weight is 269 g/mol. The minimum Gasteiger partial charge on any atom is -0.252 e. The van der Waals surface area contributed by atoms with E-state index in [9.17, 15) is 0 Å². The van der Waals surface area contributed by atoms with Gasteiger partial charge in [0.15, 0.2) is 0 Å². The molecule has 20 heavy (non-hydrogen) atoms. The lowest BCUT2D eigenvalue weighted by atomic mass is 9.67. The van der Waals surface area contributed by atoms with E-state index in [4.69, 9.17) is 4.99 Å². The van der Waals surface area contributed by atoms with Crippen molar-refractivity contribution in [2.45, 2.75) is 65.7 Å². The van der Waals surface area contributed by atoms with Gasteiger partial charge in [0.05, 0.1) is 11.4 Å². The SMILES string of the molecule is CCC1CCCC(C)(CCC2=Nc3ccc(C)cc32)C1. The second-order valence-corrected chi connectivity index (χ2v) is 7.26. The molecule has 0 aromatic heterocycles. The maximum absolute atomic E-state index is 4.70. The maximum atomic E-state index is 4.70. The van der Waals surface area contributed by atoms with E-state index < -0.39 is 0 Å². The van der Waals surface area contributed by atoms with E-state index in [1.165, 1.54) is 67.5 Å². The number of aryl methyl sites for hydroxylation is 1. The fraction of sp³-hybridized carbons (Fsp3) is 0.632. The Bertz CT molecular complexity index is 529. The fourth-order valence-electron chi connectivity index (χ4n) is 4.04. The van der Waals surface area contributed by atoms with Gasteiger partial charge in [-0.05, 0) is 56.1 Å². The molecule has 1 nitrogen and oxygen atoms in total. The maximum Gasteiger partial charge on any atom is 0.0724 e. The summed E-state index contributed by atoms with van der Waals surface area (Å²) in [4.78, 5) is 4.70. The van der Waals surface area contributed by atoms with Crippen molar-refractivity contribution in [3.05, 3.63) is 29.3 Å². The molecule has 0 spiro atoms. The molecule has 1 aromatic rings. The summed E-state index contributed by atoms with van der Waals surface area (Å²) in [5.74, 6) is 0.964. The van der Waals surface area contributed by atoms with Crippen LogP contribution < -0.4 is 0 Å². The number of fused-ring (bicyclic) bond motifs is 1. The smallest absolute Gasteiger partial charge is 0.0724 e. The number of benzene rings is 1. The number of nitrogens with zero attached hydrogens (tertiary/aromatic N) is 1. The van der Waals surface area contributed by atoms with Gasteiger partial charge in [0.1, 0.15) is 0 Å². The Morgan fingerprint density at radius 2 is 2.20 bits per heavy atom. The summed E-state index contributed by atoms with van der Waals surface area (Å²) >= 11 is 0. The van der Waals surface area contributed by atoms with E-state index in [1.807, 2.05) is 0 Å². The van der Waals surface area contributed by atoms with Crippen molar-refractivity contribution in [2.75, 3.05) is 0 Å². The van der Waals surface area contributed by atoms with E-state index in [1.54, 1.807) is 0 Å². The molecule has 0 saturated heterocycles. The van der Waals surface area contributed by atoms with Gasteiger partial charge in [-0.2, -0.15) is 0 Å². The zero-order chi connectivity index (χ0) is 14.2. The predicted molar refractivity (Wildman–Crippen MR) is 87.0 cm³/mol. The van der Waals surface area contributed by atoms with Crippen molar-refractivity contribution in [3.8, 4) is 0 Å². The van der Waals surface area contributed by atoms with Gasteiger partial charge in [-0.3, -0.25) is 4.99 Å². The first-order chi connectivity index (χ1) is 9.59. The van der Waals surface area contributed by atoms with Crippen LogP contribution >= 0.6 is 0 Å². The lowest BCUT2D eigenvalue weighted by Crippen LogP contribution is -2.27. The summed E-state index contributed by atoms with van der Waals surface area (Å²) < 4.78 is 0. The Morgan fingerprint density at radius 1 is 1.35 bits per heavy atom. The Labute approximate surface area is 123 Å². The third kappa shape index (κ3) is 2.68. The summed E-state index contributed by atoms with van der Waals surface area (Å²) in [6.07, 6.45) is 9.57. The van der Waals surface area contributed by atoms with E-state index >= 15 is 0 Å². The van der Waals surface area contributed by atoms with Crippen molar-refractivity contribution in [3.63, 3.8) is 0 Å². The molecule has 0 N–H and O–H groups in total. The molecule has 1 heterocycles. The van der Waals surface area contributed by atoms with E-state index in [-0.39, 0.29) is 0 Å². The van der Waals surface area contributed by atoms with Gasteiger partial charge < -0.3 is 0 Å². The molecular formula is C19H27N. The lowest BCUT2D eigenvalue weighted by molar-refractivity contribution is 0.146. The van der Waals surface area contributed by atoms with Crippen LogP contribution in [0.15, 0.2) is 23.2 Å². The van der Waals surface area contributed by atoms with Gasteiger partial charge in [-0.25, -0.2) is 0 Å². The molecule has 3 rings (SSSR count).